The van der Waals surface area contributed by atoms with Crippen molar-refractivity contribution in [2.24, 2.45) is 7.05 Å². The number of aliphatic carboxylic acids is 1. The Morgan fingerprint density at radius 1 is 1.26 bits per heavy atom. The average Bonchev–Trinajstić information content (AvgIpc) is 2.85. The molecule has 0 fully saturated rings. The summed E-state index contributed by atoms with van der Waals surface area (Å²) in [6, 6.07) is 11.4. The van der Waals surface area contributed by atoms with E-state index in [1.807, 2.05) is 37.3 Å². The number of amides is 1. The van der Waals surface area contributed by atoms with E-state index in [0.717, 1.165) is 11.3 Å². The van der Waals surface area contributed by atoms with Crippen LogP contribution in [0.15, 0.2) is 36.4 Å². The van der Waals surface area contributed by atoms with Gasteiger partial charge in [-0.15, -0.1) is 0 Å². The Balaban J connectivity index is 2.16. The van der Waals surface area contributed by atoms with Crippen molar-refractivity contribution in [2.75, 3.05) is 6.54 Å². The second-order valence-electron chi connectivity index (χ2n) is 5.50. The van der Waals surface area contributed by atoms with Crippen molar-refractivity contribution in [1.29, 1.82) is 0 Å². The molecule has 0 aliphatic heterocycles. The quantitative estimate of drug-likeness (QED) is 0.850. The minimum absolute atomic E-state index is 0.0446. The molecule has 0 atom stereocenters. The van der Waals surface area contributed by atoms with Gasteiger partial charge in [-0.2, -0.15) is 5.10 Å². The molecule has 6 nitrogen and oxygen atoms in total. The monoisotopic (exact) mass is 315 g/mol. The van der Waals surface area contributed by atoms with Crippen LogP contribution in [0.5, 0.6) is 0 Å². The zero-order valence-electron chi connectivity index (χ0n) is 13.4. The highest BCUT2D eigenvalue weighted by atomic mass is 16.4. The van der Waals surface area contributed by atoms with E-state index in [2.05, 4.69) is 5.10 Å². The maximum atomic E-state index is 12.8. The second kappa shape index (κ2) is 7.58. The molecule has 0 unspecified atom stereocenters. The van der Waals surface area contributed by atoms with E-state index >= 15 is 0 Å². The van der Waals surface area contributed by atoms with Crippen molar-refractivity contribution in [3.8, 4) is 0 Å². The first-order valence-electron chi connectivity index (χ1n) is 7.53. The fraction of sp³-hybridized carbons (Fsp3) is 0.353. The molecule has 1 N–H and O–H groups in total. The number of benzene rings is 1. The van der Waals surface area contributed by atoms with Gasteiger partial charge in [0.15, 0.2) is 0 Å². The van der Waals surface area contributed by atoms with Crippen molar-refractivity contribution in [3.05, 3.63) is 53.3 Å². The van der Waals surface area contributed by atoms with Gasteiger partial charge < -0.3 is 10.0 Å². The standard InChI is InChI=1S/C17H21N3O3/c1-13-11-15(19(2)18-13)17(23)20(10-6-9-16(21)22)12-14-7-4-3-5-8-14/h3-5,7-8,11H,6,9-10,12H2,1-2H3,(H,21,22). The van der Waals surface area contributed by atoms with Crippen molar-refractivity contribution >= 4 is 11.9 Å². The van der Waals surface area contributed by atoms with Crippen LogP contribution < -0.4 is 0 Å². The Kier molecular flexibility index (Phi) is 5.51. The Hall–Kier alpha value is -2.63. The minimum atomic E-state index is -0.853. The molecule has 0 saturated carbocycles. The first kappa shape index (κ1) is 16.7. The van der Waals surface area contributed by atoms with E-state index in [4.69, 9.17) is 5.11 Å². The van der Waals surface area contributed by atoms with Crippen molar-refractivity contribution < 1.29 is 14.7 Å². The average molecular weight is 315 g/mol. The smallest absolute Gasteiger partial charge is 0.303 e. The minimum Gasteiger partial charge on any atom is -0.481 e. The third-order valence-electron chi connectivity index (χ3n) is 3.54. The summed E-state index contributed by atoms with van der Waals surface area (Å²) in [6.45, 7) is 2.68. The van der Waals surface area contributed by atoms with E-state index in [1.165, 1.54) is 0 Å². The first-order chi connectivity index (χ1) is 11.0. The number of carboxylic acid groups (broad SMARTS) is 1. The number of aromatic nitrogens is 2. The summed E-state index contributed by atoms with van der Waals surface area (Å²) in [6.07, 6.45) is 0.466. The first-order valence-corrected chi connectivity index (χ1v) is 7.53. The highest BCUT2D eigenvalue weighted by Gasteiger charge is 2.20. The lowest BCUT2D eigenvalue weighted by Crippen LogP contribution is -2.33. The number of nitrogens with zero attached hydrogens (tertiary/aromatic N) is 3. The van der Waals surface area contributed by atoms with E-state index in [0.29, 0.717) is 25.2 Å². The molecule has 0 bridgehead atoms. The van der Waals surface area contributed by atoms with E-state index in [1.54, 1.807) is 22.7 Å². The molecule has 122 valence electrons. The molecule has 0 spiro atoms. The van der Waals surface area contributed by atoms with Crippen molar-refractivity contribution in [3.63, 3.8) is 0 Å². The highest BCUT2D eigenvalue weighted by molar-refractivity contribution is 5.92. The maximum Gasteiger partial charge on any atom is 0.303 e. The SMILES string of the molecule is Cc1cc(C(=O)N(CCCC(=O)O)Cc2ccccc2)n(C)n1. The van der Waals surface area contributed by atoms with Gasteiger partial charge in [0.1, 0.15) is 5.69 Å². The molecule has 0 aliphatic carbocycles. The molecular weight excluding hydrogens is 294 g/mol. The van der Waals surface area contributed by atoms with Crippen LogP contribution in [-0.4, -0.2) is 38.2 Å². The van der Waals surface area contributed by atoms with Gasteiger partial charge in [-0.3, -0.25) is 14.3 Å². The summed E-state index contributed by atoms with van der Waals surface area (Å²) in [4.78, 5) is 25.2. The fourth-order valence-electron chi connectivity index (χ4n) is 2.45. The van der Waals surface area contributed by atoms with Gasteiger partial charge in [-0.05, 0) is 25.0 Å². The predicted molar refractivity (Wildman–Crippen MR) is 86.0 cm³/mol. The van der Waals surface area contributed by atoms with Gasteiger partial charge >= 0.3 is 5.97 Å². The van der Waals surface area contributed by atoms with Gasteiger partial charge in [0.2, 0.25) is 0 Å². The van der Waals surface area contributed by atoms with Crippen LogP contribution in [0.3, 0.4) is 0 Å². The fourth-order valence-corrected chi connectivity index (χ4v) is 2.45. The summed E-state index contributed by atoms with van der Waals surface area (Å²) in [5, 5.41) is 13.0. The van der Waals surface area contributed by atoms with Gasteiger partial charge in [0.05, 0.1) is 5.69 Å². The summed E-state index contributed by atoms with van der Waals surface area (Å²) in [5.74, 6) is -0.990. The van der Waals surface area contributed by atoms with Crippen LogP contribution in [0.1, 0.15) is 34.6 Å². The van der Waals surface area contributed by atoms with E-state index in [-0.39, 0.29) is 12.3 Å². The lowest BCUT2D eigenvalue weighted by Gasteiger charge is -2.22. The summed E-state index contributed by atoms with van der Waals surface area (Å²) in [5.41, 5.74) is 2.30. The van der Waals surface area contributed by atoms with Gasteiger partial charge in [-0.1, -0.05) is 30.3 Å². The normalized spacial score (nSPS) is 10.5. The van der Waals surface area contributed by atoms with E-state index < -0.39 is 5.97 Å². The molecule has 1 heterocycles. The Labute approximate surface area is 135 Å². The third-order valence-corrected chi connectivity index (χ3v) is 3.54. The number of carboxylic acids is 1. The van der Waals surface area contributed by atoms with Gasteiger partial charge in [0, 0.05) is 26.6 Å². The summed E-state index contributed by atoms with van der Waals surface area (Å²) < 4.78 is 1.56. The molecule has 0 radical (unpaired) electrons. The zero-order chi connectivity index (χ0) is 16.8. The molecule has 6 heteroatoms. The molecule has 1 aromatic heterocycles. The van der Waals surface area contributed by atoms with Gasteiger partial charge in [0.25, 0.3) is 5.91 Å². The van der Waals surface area contributed by atoms with Crippen LogP contribution in [-0.2, 0) is 18.4 Å². The number of aryl methyl sites for hydroxylation is 2. The van der Waals surface area contributed by atoms with Gasteiger partial charge in [-0.25, -0.2) is 0 Å². The number of carbonyl (C=O) groups is 2. The molecule has 2 aromatic rings. The summed E-state index contributed by atoms with van der Waals surface area (Å²) in [7, 11) is 1.73. The molecular formula is C17H21N3O3. The summed E-state index contributed by atoms with van der Waals surface area (Å²) >= 11 is 0. The van der Waals surface area contributed by atoms with Crippen molar-refractivity contribution in [1.82, 2.24) is 14.7 Å². The lowest BCUT2D eigenvalue weighted by molar-refractivity contribution is -0.137. The third kappa shape index (κ3) is 4.67. The molecule has 1 amide bonds. The Bertz CT molecular complexity index is 680. The largest absolute Gasteiger partial charge is 0.481 e. The maximum absolute atomic E-state index is 12.8. The molecule has 2 rings (SSSR count). The number of hydrogen-bond acceptors (Lipinski definition) is 3. The zero-order valence-corrected chi connectivity index (χ0v) is 13.4. The van der Waals surface area contributed by atoms with Crippen LogP contribution >= 0.6 is 0 Å². The number of hydrogen-bond donors (Lipinski definition) is 1. The second-order valence-corrected chi connectivity index (χ2v) is 5.50. The number of rotatable bonds is 7. The molecule has 0 aliphatic rings. The lowest BCUT2D eigenvalue weighted by atomic mass is 10.2. The topological polar surface area (TPSA) is 75.4 Å². The highest BCUT2D eigenvalue weighted by Crippen LogP contribution is 2.12. The molecule has 23 heavy (non-hydrogen) atoms. The Morgan fingerprint density at radius 3 is 2.52 bits per heavy atom. The molecule has 1 aromatic carbocycles. The van der Waals surface area contributed by atoms with Crippen LogP contribution in [0.4, 0.5) is 0 Å². The number of carbonyl (C=O) groups excluding carboxylic acids is 1. The van der Waals surface area contributed by atoms with E-state index in [9.17, 15) is 9.59 Å². The predicted octanol–water partition coefficient (Wildman–Crippen LogP) is 2.24. The van der Waals surface area contributed by atoms with Crippen molar-refractivity contribution in [2.45, 2.75) is 26.3 Å². The Morgan fingerprint density at radius 2 is 1.96 bits per heavy atom. The van der Waals surface area contributed by atoms with Crippen LogP contribution in [0.2, 0.25) is 0 Å². The van der Waals surface area contributed by atoms with Crippen LogP contribution in [0, 0.1) is 6.92 Å². The molecule has 0 saturated heterocycles. The van der Waals surface area contributed by atoms with Crippen LogP contribution in [0.25, 0.3) is 0 Å².